The first kappa shape index (κ1) is 19.6. The summed E-state index contributed by atoms with van der Waals surface area (Å²) in [6, 6.07) is 13.9. The van der Waals surface area contributed by atoms with Crippen LogP contribution >= 0.6 is 0 Å². The van der Waals surface area contributed by atoms with Gasteiger partial charge in [-0.3, -0.25) is 13.9 Å². The van der Waals surface area contributed by atoms with Gasteiger partial charge in [-0.25, -0.2) is 9.18 Å². The zero-order valence-corrected chi connectivity index (χ0v) is 16.7. The molecule has 29 heavy (non-hydrogen) atoms. The lowest BCUT2D eigenvalue weighted by molar-refractivity contribution is 0.0970. The molecule has 1 fully saturated rings. The third-order valence-electron chi connectivity index (χ3n) is 5.96. The van der Waals surface area contributed by atoms with E-state index in [0.717, 1.165) is 49.9 Å². The first-order valence-electron chi connectivity index (χ1n) is 10.2. The SMILES string of the molecule is [11CH3]n1c(=O)n(C2CCN(CCCC(=O)c3ccc(F)cc3)CC2)c2ccccc21. The molecule has 0 saturated carbocycles. The van der Waals surface area contributed by atoms with E-state index < -0.39 is 0 Å². The van der Waals surface area contributed by atoms with Crippen LogP contribution in [0.5, 0.6) is 0 Å². The van der Waals surface area contributed by atoms with Gasteiger partial charge in [0.2, 0.25) is 0 Å². The molecule has 0 radical (unpaired) electrons. The summed E-state index contributed by atoms with van der Waals surface area (Å²) in [6.07, 6.45) is 3.11. The first-order valence-corrected chi connectivity index (χ1v) is 10.2. The lowest BCUT2D eigenvalue weighted by Crippen LogP contribution is -2.38. The van der Waals surface area contributed by atoms with Gasteiger partial charge in [-0.05, 0) is 62.2 Å². The maximum Gasteiger partial charge on any atom is 0.329 e. The van der Waals surface area contributed by atoms with Crippen molar-refractivity contribution in [2.24, 2.45) is 7.05 Å². The maximum absolute atomic E-state index is 13.0. The molecule has 1 saturated heterocycles. The van der Waals surface area contributed by atoms with E-state index in [1.807, 2.05) is 35.9 Å². The van der Waals surface area contributed by atoms with Crippen molar-refractivity contribution in [3.8, 4) is 0 Å². The van der Waals surface area contributed by atoms with Crippen molar-refractivity contribution >= 4 is 16.8 Å². The molecule has 0 aliphatic carbocycles. The number of fused-ring (bicyclic) bond motifs is 1. The van der Waals surface area contributed by atoms with Crippen LogP contribution in [0.2, 0.25) is 0 Å². The van der Waals surface area contributed by atoms with Gasteiger partial charge < -0.3 is 4.90 Å². The summed E-state index contributed by atoms with van der Waals surface area (Å²) in [5.74, 6) is -0.267. The average Bonchev–Trinajstić information content (AvgIpc) is 3.00. The van der Waals surface area contributed by atoms with Crippen LogP contribution < -0.4 is 5.69 Å². The molecule has 0 N–H and O–H groups in total. The summed E-state index contributed by atoms with van der Waals surface area (Å²) in [5.41, 5.74) is 2.59. The topological polar surface area (TPSA) is 47.2 Å². The van der Waals surface area contributed by atoms with Gasteiger partial charge in [-0.2, -0.15) is 0 Å². The molecule has 1 aliphatic rings. The number of piperidine rings is 1. The van der Waals surface area contributed by atoms with Gasteiger partial charge in [0.05, 0.1) is 11.0 Å². The molecule has 2 aromatic carbocycles. The number of hydrogen-bond donors (Lipinski definition) is 0. The predicted octanol–water partition coefficient (Wildman–Crippen LogP) is 3.78. The van der Waals surface area contributed by atoms with Gasteiger partial charge in [0.15, 0.2) is 5.78 Å². The fourth-order valence-electron chi connectivity index (χ4n) is 4.32. The predicted molar refractivity (Wildman–Crippen MR) is 112 cm³/mol. The number of likely N-dealkylation sites (tertiary alicyclic amines) is 1. The minimum Gasteiger partial charge on any atom is -0.303 e. The summed E-state index contributed by atoms with van der Waals surface area (Å²) in [6.45, 7) is 2.71. The second kappa shape index (κ2) is 8.33. The smallest absolute Gasteiger partial charge is 0.303 e. The highest BCUT2D eigenvalue weighted by Gasteiger charge is 2.24. The fraction of sp³-hybridized carbons (Fsp3) is 0.391. The van der Waals surface area contributed by atoms with E-state index in [1.54, 1.807) is 16.7 Å². The van der Waals surface area contributed by atoms with E-state index in [1.165, 1.54) is 12.1 Å². The van der Waals surface area contributed by atoms with Gasteiger partial charge in [0.25, 0.3) is 0 Å². The van der Waals surface area contributed by atoms with Crippen molar-refractivity contribution in [1.82, 2.24) is 14.0 Å². The Bertz CT molecular complexity index is 1060. The summed E-state index contributed by atoms with van der Waals surface area (Å²) in [7, 11) is 1.83. The Hall–Kier alpha value is -2.73. The van der Waals surface area contributed by atoms with E-state index in [2.05, 4.69) is 4.90 Å². The number of para-hydroxylation sites is 2. The minimum atomic E-state index is -0.324. The van der Waals surface area contributed by atoms with Crippen LogP contribution in [0, 0.1) is 5.82 Å². The number of aryl methyl sites for hydroxylation is 1. The largest absolute Gasteiger partial charge is 0.329 e. The molecule has 4 rings (SSSR count). The highest BCUT2D eigenvalue weighted by molar-refractivity contribution is 5.95. The second-order valence-corrected chi connectivity index (χ2v) is 7.81. The van der Waals surface area contributed by atoms with Crippen molar-refractivity contribution in [2.45, 2.75) is 31.7 Å². The Morgan fingerprint density at radius 1 is 1.03 bits per heavy atom. The zero-order valence-electron chi connectivity index (χ0n) is 16.7. The Kier molecular flexibility index (Phi) is 5.62. The molecule has 0 bridgehead atoms. The monoisotopic (exact) mass is 394 g/mol. The fourth-order valence-corrected chi connectivity index (χ4v) is 4.32. The number of ketones is 1. The molecular weight excluding hydrogens is 368 g/mol. The van der Waals surface area contributed by atoms with Crippen molar-refractivity contribution in [1.29, 1.82) is 0 Å². The zero-order chi connectivity index (χ0) is 20.4. The van der Waals surface area contributed by atoms with Crippen LogP contribution in [-0.2, 0) is 7.05 Å². The van der Waals surface area contributed by atoms with Crippen molar-refractivity contribution in [3.05, 3.63) is 70.4 Å². The Balaban J connectivity index is 1.31. The number of halogens is 1. The normalized spacial score (nSPS) is 15.8. The Morgan fingerprint density at radius 2 is 1.69 bits per heavy atom. The molecule has 6 heteroatoms. The molecule has 1 aliphatic heterocycles. The number of hydrogen-bond acceptors (Lipinski definition) is 3. The summed E-state index contributed by atoms with van der Waals surface area (Å²) in [5, 5.41) is 0. The van der Waals surface area contributed by atoms with Crippen molar-refractivity contribution in [2.75, 3.05) is 19.6 Å². The quantitative estimate of drug-likeness (QED) is 0.598. The average molecular weight is 394 g/mol. The van der Waals surface area contributed by atoms with Crippen LogP contribution in [-0.4, -0.2) is 39.5 Å². The van der Waals surface area contributed by atoms with Crippen LogP contribution in [0.25, 0.3) is 11.0 Å². The van der Waals surface area contributed by atoms with Crippen molar-refractivity contribution in [3.63, 3.8) is 0 Å². The van der Waals surface area contributed by atoms with Gasteiger partial charge in [0.1, 0.15) is 5.82 Å². The molecule has 0 unspecified atom stereocenters. The molecule has 1 aromatic heterocycles. The lowest BCUT2D eigenvalue weighted by Gasteiger charge is -2.32. The van der Waals surface area contributed by atoms with E-state index in [4.69, 9.17) is 0 Å². The Labute approximate surface area is 169 Å². The molecule has 3 aromatic rings. The molecular formula is C23H26FN3O2. The minimum absolute atomic E-state index is 0.0505. The number of benzene rings is 2. The second-order valence-electron chi connectivity index (χ2n) is 7.81. The van der Waals surface area contributed by atoms with Crippen LogP contribution in [0.4, 0.5) is 4.39 Å². The number of rotatable bonds is 6. The molecule has 0 spiro atoms. The lowest BCUT2D eigenvalue weighted by atomic mass is 10.0. The molecule has 0 atom stereocenters. The summed E-state index contributed by atoms with van der Waals surface area (Å²) in [4.78, 5) is 27.3. The Morgan fingerprint density at radius 3 is 2.38 bits per heavy atom. The molecule has 152 valence electrons. The van der Waals surface area contributed by atoms with Gasteiger partial charge >= 0.3 is 5.69 Å². The van der Waals surface area contributed by atoms with Gasteiger partial charge in [0, 0.05) is 38.2 Å². The first-order chi connectivity index (χ1) is 14.0. The third kappa shape index (κ3) is 4.03. The molecule has 2 heterocycles. The van der Waals surface area contributed by atoms with Crippen molar-refractivity contribution < 1.29 is 9.18 Å². The number of imidazole rings is 1. The number of carbonyl (C=O) groups excluding carboxylic acids is 1. The molecule has 0 amide bonds. The van der Waals surface area contributed by atoms with E-state index >= 15 is 0 Å². The molecule has 5 nitrogen and oxygen atoms in total. The number of aromatic nitrogens is 2. The highest BCUT2D eigenvalue weighted by Crippen LogP contribution is 2.25. The van der Waals surface area contributed by atoms with Crippen LogP contribution in [0.3, 0.4) is 0 Å². The van der Waals surface area contributed by atoms with Crippen LogP contribution in [0.15, 0.2) is 53.3 Å². The van der Waals surface area contributed by atoms with Gasteiger partial charge in [-0.15, -0.1) is 0 Å². The third-order valence-corrected chi connectivity index (χ3v) is 5.96. The summed E-state index contributed by atoms with van der Waals surface area (Å²) >= 11 is 0. The van der Waals surface area contributed by atoms with Crippen LogP contribution in [0.1, 0.15) is 42.1 Å². The number of carbonyl (C=O) groups is 1. The standard InChI is InChI=1S/C23H26FN3O2/c1-25-20-5-2-3-6-21(20)27(23(25)29)19-12-15-26(16-13-19)14-4-7-22(28)17-8-10-18(24)11-9-17/h2-3,5-6,8-11,19H,4,7,12-16H2,1H3/i1-1. The number of Topliss-reactive ketones (excluding diaryl/α,β-unsaturated/α-hetero) is 1. The highest BCUT2D eigenvalue weighted by atomic mass is 19.1. The van der Waals surface area contributed by atoms with E-state index in [-0.39, 0.29) is 23.3 Å². The van der Waals surface area contributed by atoms with E-state index in [0.29, 0.717) is 12.0 Å². The van der Waals surface area contributed by atoms with Gasteiger partial charge in [-0.1, -0.05) is 12.1 Å². The summed E-state index contributed by atoms with van der Waals surface area (Å²) < 4.78 is 16.6. The van der Waals surface area contributed by atoms with E-state index in [9.17, 15) is 14.0 Å². The number of nitrogens with zero attached hydrogens (tertiary/aromatic N) is 3. The maximum atomic E-state index is 13.0.